The molecule has 210 valence electrons. The summed E-state index contributed by atoms with van der Waals surface area (Å²) in [5.41, 5.74) is 0. The molecule has 2 aliphatic heterocycles. The number of nitrogens with zero attached hydrogens (tertiary/aromatic N) is 1. The van der Waals surface area contributed by atoms with Crippen LogP contribution in [0.1, 0.15) is 53.4 Å². The van der Waals surface area contributed by atoms with E-state index in [9.17, 15) is 34.4 Å². The van der Waals surface area contributed by atoms with Crippen LogP contribution in [0.4, 0.5) is 0 Å². The zero-order valence-electron chi connectivity index (χ0n) is 21.3. The lowest BCUT2D eigenvalue weighted by molar-refractivity contribution is -0.270. The number of ether oxygens (including phenoxy) is 2. The third-order valence-electron chi connectivity index (χ3n) is 6.04. The lowest BCUT2D eigenvalue weighted by atomic mass is 9.97. The van der Waals surface area contributed by atoms with Gasteiger partial charge in [0.15, 0.2) is 6.29 Å². The van der Waals surface area contributed by atoms with Gasteiger partial charge in [0.05, 0.1) is 25.4 Å². The Bertz CT molecular complexity index is 770. The molecule has 13 nitrogen and oxygen atoms in total. The predicted molar refractivity (Wildman–Crippen MR) is 126 cm³/mol. The molecule has 5 N–H and O–H groups in total. The number of carbonyl (C=O) groups is 2. The SMILES string of the molecule is CC(=O)NC1C(OCCCCC(=O)N2C[C@H](C)C[C@H]2COP(=O)(O)OC(C)C)OC(CO)C(O)C1O. The Labute approximate surface area is 211 Å². The molecule has 0 saturated carbocycles. The van der Waals surface area contributed by atoms with Crippen molar-refractivity contribution in [2.24, 2.45) is 5.92 Å². The van der Waals surface area contributed by atoms with Crippen LogP contribution in [-0.2, 0) is 32.7 Å². The highest BCUT2D eigenvalue weighted by molar-refractivity contribution is 7.47. The van der Waals surface area contributed by atoms with E-state index in [0.717, 1.165) is 0 Å². The fourth-order valence-electron chi connectivity index (χ4n) is 4.43. The predicted octanol–water partition coefficient (Wildman–Crippen LogP) is -0.104. The van der Waals surface area contributed by atoms with Crippen molar-refractivity contribution in [2.75, 3.05) is 26.4 Å². The van der Waals surface area contributed by atoms with Crippen molar-refractivity contribution in [1.29, 1.82) is 0 Å². The maximum absolute atomic E-state index is 12.8. The number of phosphoric acid groups is 1. The number of amides is 2. The average Bonchev–Trinajstić information content (AvgIpc) is 3.16. The van der Waals surface area contributed by atoms with Gasteiger partial charge in [0.25, 0.3) is 0 Å². The summed E-state index contributed by atoms with van der Waals surface area (Å²) in [5.74, 6) is -0.317. The van der Waals surface area contributed by atoms with Gasteiger partial charge in [0.2, 0.25) is 11.8 Å². The van der Waals surface area contributed by atoms with E-state index in [1.807, 2.05) is 6.92 Å². The summed E-state index contributed by atoms with van der Waals surface area (Å²) in [7, 11) is -4.19. The quantitative estimate of drug-likeness (QED) is 0.155. The second kappa shape index (κ2) is 14.1. The Morgan fingerprint density at radius 1 is 1.22 bits per heavy atom. The molecular weight excluding hydrogens is 499 g/mol. The molecule has 36 heavy (non-hydrogen) atoms. The number of hydrogen-bond donors (Lipinski definition) is 5. The van der Waals surface area contributed by atoms with Crippen molar-refractivity contribution in [2.45, 2.75) is 96.2 Å². The second-order valence-electron chi connectivity index (χ2n) is 9.72. The van der Waals surface area contributed by atoms with Gasteiger partial charge in [-0.15, -0.1) is 0 Å². The number of aliphatic hydroxyl groups is 3. The van der Waals surface area contributed by atoms with Crippen molar-refractivity contribution in [3.05, 3.63) is 0 Å². The summed E-state index contributed by atoms with van der Waals surface area (Å²) in [4.78, 5) is 35.8. The van der Waals surface area contributed by atoms with Crippen LogP contribution in [0.15, 0.2) is 0 Å². The first kappa shape index (κ1) is 31.1. The molecule has 8 atom stereocenters. The van der Waals surface area contributed by atoms with Gasteiger partial charge in [0.1, 0.15) is 24.4 Å². The van der Waals surface area contributed by atoms with Crippen LogP contribution in [0.25, 0.3) is 0 Å². The Kier molecular flexibility index (Phi) is 12.2. The summed E-state index contributed by atoms with van der Waals surface area (Å²) in [6.45, 7) is 6.56. The molecule has 2 aliphatic rings. The molecule has 0 aliphatic carbocycles. The first-order valence-corrected chi connectivity index (χ1v) is 13.8. The number of aliphatic hydroxyl groups excluding tert-OH is 3. The fourth-order valence-corrected chi connectivity index (χ4v) is 5.38. The number of nitrogens with one attached hydrogen (secondary N) is 1. The summed E-state index contributed by atoms with van der Waals surface area (Å²) in [5, 5.41) is 32.2. The zero-order valence-corrected chi connectivity index (χ0v) is 22.2. The van der Waals surface area contributed by atoms with Gasteiger partial charge in [-0.1, -0.05) is 6.92 Å². The number of likely N-dealkylation sites (tertiary alicyclic amines) is 1. The molecule has 0 aromatic rings. The highest BCUT2D eigenvalue weighted by Crippen LogP contribution is 2.45. The molecule has 6 unspecified atom stereocenters. The Morgan fingerprint density at radius 2 is 1.92 bits per heavy atom. The molecule has 0 radical (unpaired) electrons. The van der Waals surface area contributed by atoms with Crippen molar-refractivity contribution in [3.8, 4) is 0 Å². The van der Waals surface area contributed by atoms with Crippen LogP contribution in [0, 0.1) is 5.92 Å². The summed E-state index contributed by atoms with van der Waals surface area (Å²) >= 11 is 0. The van der Waals surface area contributed by atoms with Gasteiger partial charge in [-0.25, -0.2) is 4.57 Å². The molecule has 14 heteroatoms. The van der Waals surface area contributed by atoms with Crippen LogP contribution >= 0.6 is 7.82 Å². The van der Waals surface area contributed by atoms with Crippen molar-refractivity contribution < 1.29 is 52.9 Å². The molecule has 0 aromatic heterocycles. The van der Waals surface area contributed by atoms with E-state index in [4.69, 9.17) is 18.5 Å². The van der Waals surface area contributed by atoms with Crippen molar-refractivity contribution in [1.82, 2.24) is 10.2 Å². The second-order valence-corrected chi connectivity index (χ2v) is 11.1. The molecule has 2 heterocycles. The maximum atomic E-state index is 12.8. The minimum Gasteiger partial charge on any atom is -0.394 e. The number of phosphoric ester groups is 1. The summed E-state index contributed by atoms with van der Waals surface area (Å²) < 4.78 is 33.2. The lowest BCUT2D eigenvalue weighted by Gasteiger charge is -2.42. The monoisotopic (exact) mass is 540 g/mol. The first-order chi connectivity index (χ1) is 16.8. The standard InChI is InChI=1S/C22H41N2O11P/c1-13(2)35-36(30,31)33-12-16-9-14(3)10-24(16)18(27)7-5-6-8-32-22-19(23-15(4)26)21(29)20(28)17(11-25)34-22/h13-14,16-17,19-22,25,28-29H,5-12H2,1-4H3,(H,23,26)(H,30,31)/t14-,16+,17?,19?,20?,21?,22?/m1/s1. The minimum atomic E-state index is -4.19. The van der Waals surface area contributed by atoms with Gasteiger partial charge >= 0.3 is 7.82 Å². The largest absolute Gasteiger partial charge is 0.472 e. The van der Waals surface area contributed by atoms with Crippen LogP contribution in [0.5, 0.6) is 0 Å². The van der Waals surface area contributed by atoms with Crippen LogP contribution in [-0.4, -0.2) is 106 Å². The van der Waals surface area contributed by atoms with Crippen molar-refractivity contribution >= 4 is 19.6 Å². The van der Waals surface area contributed by atoms with Gasteiger partial charge in [0, 0.05) is 26.5 Å². The highest BCUT2D eigenvalue weighted by atomic mass is 31.2. The third-order valence-corrected chi connectivity index (χ3v) is 7.20. The Morgan fingerprint density at radius 3 is 2.53 bits per heavy atom. The van der Waals surface area contributed by atoms with E-state index < -0.39 is 57.1 Å². The highest BCUT2D eigenvalue weighted by Gasteiger charge is 2.45. The maximum Gasteiger partial charge on any atom is 0.472 e. The summed E-state index contributed by atoms with van der Waals surface area (Å²) in [6, 6.07) is -1.34. The topological polar surface area (TPSA) is 184 Å². The molecule has 0 aromatic carbocycles. The molecular formula is C22H41N2O11P. The van der Waals surface area contributed by atoms with Crippen molar-refractivity contribution in [3.63, 3.8) is 0 Å². The normalized spacial score (nSPS) is 32.5. The number of unbranched alkanes of at least 4 members (excludes halogenated alkanes) is 1. The van der Waals surface area contributed by atoms with Gasteiger partial charge < -0.3 is 39.9 Å². The molecule has 0 bridgehead atoms. The Balaban J connectivity index is 1.81. The smallest absolute Gasteiger partial charge is 0.394 e. The lowest BCUT2D eigenvalue weighted by Crippen LogP contribution is -2.64. The zero-order chi connectivity index (χ0) is 27.0. The minimum absolute atomic E-state index is 0.0938. The molecule has 2 saturated heterocycles. The molecule has 2 rings (SSSR count). The van der Waals surface area contributed by atoms with E-state index in [1.165, 1.54) is 6.92 Å². The van der Waals surface area contributed by atoms with Gasteiger partial charge in [-0.05, 0) is 39.0 Å². The van der Waals surface area contributed by atoms with Gasteiger partial charge in [-0.3, -0.25) is 18.6 Å². The fraction of sp³-hybridized carbons (Fsp3) is 0.909. The molecule has 2 fully saturated rings. The van der Waals surface area contributed by atoms with E-state index in [-0.39, 0.29) is 37.5 Å². The van der Waals surface area contributed by atoms with E-state index >= 15 is 0 Å². The molecule has 2 amide bonds. The van der Waals surface area contributed by atoms with Crippen LogP contribution in [0.2, 0.25) is 0 Å². The number of rotatable bonds is 13. The van der Waals surface area contributed by atoms with Gasteiger partial charge in [-0.2, -0.15) is 0 Å². The first-order valence-electron chi connectivity index (χ1n) is 12.3. The molecule has 0 spiro atoms. The van der Waals surface area contributed by atoms with Crippen LogP contribution in [0.3, 0.4) is 0 Å². The third kappa shape index (κ3) is 9.30. The Hall–Kier alpha value is -1.15. The number of hydrogen-bond acceptors (Lipinski definition) is 10. The van der Waals surface area contributed by atoms with E-state index in [2.05, 4.69) is 5.32 Å². The van der Waals surface area contributed by atoms with E-state index in [1.54, 1.807) is 18.7 Å². The number of carbonyl (C=O) groups excluding carboxylic acids is 2. The van der Waals surface area contributed by atoms with E-state index in [0.29, 0.717) is 25.8 Å². The summed E-state index contributed by atoms with van der Waals surface area (Å²) in [6.07, 6.45) is -3.55. The van der Waals surface area contributed by atoms with Crippen LogP contribution < -0.4 is 5.32 Å². The average molecular weight is 541 g/mol.